The van der Waals surface area contributed by atoms with Crippen LogP contribution < -0.4 is 0 Å². The monoisotopic (exact) mass is 244 g/mol. The summed E-state index contributed by atoms with van der Waals surface area (Å²) in [6, 6.07) is 8.68. The molecule has 0 unspecified atom stereocenters. The summed E-state index contributed by atoms with van der Waals surface area (Å²) in [5.74, 6) is -0.213. The van der Waals surface area contributed by atoms with Gasteiger partial charge in [-0.3, -0.25) is 4.79 Å². The van der Waals surface area contributed by atoms with E-state index in [1.165, 1.54) is 11.1 Å². The van der Waals surface area contributed by atoms with Crippen LogP contribution in [0.15, 0.2) is 36.9 Å². The fraction of sp³-hybridized carbons (Fsp3) is 0.438. The number of carboxylic acid groups (broad SMARTS) is 1. The smallest absolute Gasteiger partial charge is 0.306 e. The van der Waals surface area contributed by atoms with E-state index in [9.17, 15) is 4.79 Å². The van der Waals surface area contributed by atoms with Crippen LogP contribution in [0.1, 0.15) is 42.7 Å². The molecule has 1 saturated carbocycles. The van der Waals surface area contributed by atoms with Crippen molar-refractivity contribution in [3.8, 4) is 0 Å². The largest absolute Gasteiger partial charge is 0.481 e. The van der Waals surface area contributed by atoms with Crippen molar-refractivity contribution in [3.63, 3.8) is 0 Å². The Balaban J connectivity index is 1.96. The number of carboxylic acids is 1. The topological polar surface area (TPSA) is 37.3 Å². The van der Waals surface area contributed by atoms with Crippen LogP contribution in [0.4, 0.5) is 0 Å². The van der Waals surface area contributed by atoms with Crippen molar-refractivity contribution >= 4 is 5.97 Å². The van der Waals surface area contributed by atoms with E-state index in [4.69, 9.17) is 5.11 Å². The molecule has 0 amide bonds. The zero-order chi connectivity index (χ0) is 13.0. The molecule has 0 bridgehead atoms. The maximum atomic E-state index is 10.9. The van der Waals surface area contributed by atoms with Crippen LogP contribution in [0.5, 0.6) is 0 Å². The lowest BCUT2D eigenvalue weighted by Crippen LogP contribution is -2.20. The van der Waals surface area contributed by atoms with Crippen LogP contribution in [0.25, 0.3) is 0 Å². The Hall–Kier alpha value is -1.57. The molecule has 96 valence electrons. The van der Waals surface area contributed by atoms with Crippen LogP contribution in [-0.2, 0) is 11.2 Å². The highest BCUT2D eigenvalue weighted by atomic mass is 16.4. The third kappa shape index (κ3) is 3.00. The van der Waals surface area contributed by atoms with Crippen molar-refractivity contribution in [2.24, 2.45) is 5.92 Å². The van der Waals surface area contributed by atoms with Crippen LogP contribution in [0.2, 0.25) is 0 Å². The van der Waals surface area contributed by atoms with Gasteiger partial charge < -0.3 is 5.11 Å². The lowest BCUT2D eigenvalue weighted by molar-refractivity contribution is -0.142. The van der Waals surface area contributed by atoms with Gasteiger partial charge in [-0.15, -0.1) is 6.58 Å². The van der Waals surface area contributed by atoms with Crippen LogP contribution in [-0.4, -0.2) is 11.1 Å². The van der Waals surface area contributed by atoms with Gasteiger partial charge in [-0.05, 0) is 49.1 Å². The Morgan fingerprint density at radius 2 is 1.83 bits per heavy atom. The van der Waals surface area contributed by atoms with Gasteiger partial charge in [-0.25, -0.2) is 0 Å². The van der Waals surface area contributed by atoms with Gasteiger partial charge in [-0.2, -0.15) is 0 Å². The standard InChI is InChI=1S/C16H20O2/c1-2-3-12-4-6-13(7-5-12)14-8-10-15(11-9-14)16(17)18/h2,4-7,14-15H,1,3,8-11H2,(H,17,18). The first kappa shape index (κ1) is 12.9. The van der Waals surface area contributed by atoms with E-state index in [0.29, 0.717) is 5.92 Å². The third-order valence-electron chi connectivity index (χ3n) is 3.91. The molecule has 0 heterocycles. The lowest BCUT2D eigenvalue weighted by atomic mass is 9.78. The second-order valence-electron chi connectivity index (χ2n) is 5.12. The Morgan fingerprint density at radius 1 is 1.22 bits per heavy atom. The summed E-state index contributed by atoms with van der Waals surface area (Å²) in [6.07, 6.45) is 6.44. The molecular weight excluding hydrogens is 224 g/mol. The second-order valence-corrected chi connectivity index (χ2v) is 5.12. The van der Waals surface area contributed by atoms with Crippen LogP contribution in [0, 0.1) is 5.92 Å². The zero-order valence-corrected chi connectivity index (χ0v) is 10.6. The first-order valence-electron chi connectivity index (χ1n) is 6.63. The number of rotatable bonds is 4. The molecule has 2 nitrogen and oxygen atoms in total. The van der Waals surface area contributed by atoms with E-state index in [-0.39, 0.29) is 5.92 Å². The summed E-state index contributed by atoms with van der Waals surface area (Å²) in [7, 11) is 0. The number of carbonyl (C=O) groups is 1. The van der Waals surface area contributed by atoms with Crippen molar-refractivity contribution in [2.45, 2.75) is 38.0 Å². The fourth-order valence-electron chi connectivity index (χ4n) is 2.77. The molecule has 1 aromatic rings. The van der Waals surface area contributed by atoms with Gasteiger partial charge in [0, 0.05) is 0 Å². The number of allylic oxidation sites excluding steroid dienone is 1. The van der Waals surface area contributed by atoms with E-state index in [1.807, 2.05) is 6.08 Å². The van der Waals surface area contributed by atoms with E-state index >= 15 is 0 Å². The molecule has 1 aliphatic carbocycles. The first-order valence-corrected chi connectivity index (χ1v) is 6.63. The normalized spacial score (nSPS) is 23.6. The highest BCUT2D eigenvalue weighted by Crippen LogP contribution is 2.35. The molecule has 0 saturated heterocycles. The lowest BCUT2D eigenvalue weighted by Gasteiger charge is -2.26. The maximum Gasteiger partial charge on any atom is 0.306 e. The van der Waals surface area contributed by atoms with E-state index in [0.717, 1.165) is 32.1 Å². The highest BCUT2D eigenvalue weighted by molar-refractivity contribution is 5.70. The minimum Gasteiger partial charge on any atom is -0.481 e. The zero-order valence-electron chi connectivity index (χ0n) is 10.6. The molecule has 2 rings (SSSR count). The quantitative estimate of drug-likeness (QED) is 0.818. The predicted octanol–water partition coefficient (Wildman–Crippen LogP) is 3.77. The van der Waals surface area contributed by atoms with Crippen molar-refractivity contribution in [1.29, 1.82) is 0 Å². The summed E-state index contributed by atoms with van der Waals surface area (Å²) in [5.41, 5.74) is 2.64. The molecule has 1 aliphatic rings. The Kier molecular flexibility index (Phi) is 4.19. The summed E-state index contributed by atoms with van der Waals surface area (Å²) in [5, 5.41) is 8.98. The number of hydrogen-bond acceptors (Lipinski definition) is 1. The molecule has 0 aliphatic heterocycles. The molecular formula is C16H20O2. The van der Waals surface area contributed by atoms with Gasteiger partial charge in [0.25, 0.3) is 0 Å². The fourth-order valence-corrected chi connectivity index (χ4v) is 2.77. The van der Waals surface area contributed by atoms with Crippen molar-refractivity contribution in [2.75, 3.05) is 0 Å². The summed E-state index contributed by atoms with van der Waals surface area (Å²) < 4.78 is 0. The molecule has 0 aromatic heterocycles. The Bertz CT molecular complexity index is 411. The Morgan fingerprint density at radius 3 is 2.33 bits per heavy atom. The van der Waals surface area contributed by atoms with Gasteiger partial charge in [0.1, 0.15) is 0 Å². The van der Waals surface area contributed by atoms with Gasteiger partial charge in [0.05, 0.1) is 5.92 Å². The van der Waals surface area contributed by atoms with Crippen molar-refractivity contribution < 1.29 is 9.90 Å². The van der Waals surface area contributed by atoms with E-state index < -0.39 is 5.97 Å². The predicted molar refractivity (Wildman–Crippen MR) is 72.7 cm³/mol. The van der Waals surface area contributed by atoms with Crippen LogP contribution in [0.3, 0.4) is 0 Å². The van der Waals surface area contributed by atoms with E-state index in [1.54, 1.807) is 0 Å². The summed E-state index contributed by atoms with van der Waals surface area (Å²) in [4.78, 5) is 10.9. The summed E-state index contributed by atoms with van der Waals surface area (Å²) in [6.45, 7) is 3.74. The minimum absolute atomic E-state index is 0.124. The molecule has 1 aromatic carbocycles. The highest BCUT2D eigenvalue weighted by Gasteiger charge is 2.26. The van der Waals surface area contributed by atoms with Crippen LogP contribution >= 0.6 is 0 Å². The van der Waals surface area contributed by atoms with Gasteiger partial charge >= 0.3 is 5.97 Å². The number of benzene rings is 1. The molecule has 0 atom stereocenters. The molecule has 0 spiro atoms. The van der Waals surface area contributed by atoms with Crippen molar-refractivity contribution in [1.82, 2.24) is 0 Å². The molecule has 1 N–H and O–H groups in total. The van der Waals surface area contributed by atoms with Gasteiger partial charge in [0.15, 0.2) is 0 Å². The third-order valence-corrected chi connectivity index (χ3v) is 3.91. The number of hydrogen-bond donors (Lipinski definition) is 1. The Labute approximate surface area is 108 Å². The van der Waals surface area contributed by atoms with E-state index in [2.05, 4.69) is 30.8 Å². The number of aliphatic carboxylic acids is 1. The second kappa shape index (κ2) is 5.85. The molecule has 18 heavy (non-hydrogen) atoms. The average Bonchev–Trinajstić information content (AvgIpc) is 2.40. The average molecular weight is 244 g/mol. The summed E-state index contributed by atoms with van der Waals surface area (Å²) >= 11 is 0. The maximum absolute atomic E-state index is 10.9. The van der Waals surface area contributed by atoms with Gasteiger partial charge in [-0.1, -0.05) is 30.3 Å². The molecule has 0 radical (unpaired) electrons. The SMILES string of the molecule is C=CCc1ccc(C2CCC(C(=O)O)CC2)cc1. The van der Waals surface area contributed by atoms with Gasteiger partial charge in [0.2, 0.25) is 0 Å². The minimum atomic E-state index is -0.630. The van der Waals surface area contributed by atoms with Crippen molar-refractivity contribution in [3.05, 3.63) is 48.0 Å². The molecule has 2 heteroatoms. The molecule has 1 fully saturated rings. The first-order chi connectivity index (χ1) is 8.70.